The average molecular weight is 334 g/mol. The molecular formula is C17H26N4O3. The smallest absolute Gasteiger partial charge is 0.319 e. The molecule has 0 aromatic heterocycles. The molecule has 0 heterocycles. The van der Waals surface area contributed by atoms with Crippen LogP contribution in [0.1, 0.15) is 43.5 Å². The number of nitrogens with one attached hydrogen (secondary N) is 3. The van der Waals surface area contributed by atoms with E-state index in [1.807, 2.05) is 0 Å². The lowest BCUT2D eigenvalue weighted by atomic mass is 10.1. The van der Waals surface area contributed by atoms with Gasteiger partial charge in [-0.1, -0.05) is 19.9 Å². The van der Waals surface area contributed by atoms with Crippen LogP contribution in [-0.2, 0) is 4.79 Å². The van der Waals surface area contributed by atoms with Gasteiger partial charge in [0, 0.05) is 30.8 Å². The third-order valence-corrected chi connectivity index (χ3v) is 3.28. The molecule has 1 aromatic carbocycles. The van der Waals surface area contributed by atoms with Crippen molar-refractivity contribution in [2.24, 2.45) is 11.7 Å². The minimum Gasteiger partial charge on any atom is -0.370 e. The van der Waals surface area contributed by atoms with Gasteiger partial charge < -0.3 is 21.7 Å². The first-order valence-electron chi connectivity index (χ1n) is 8.10. The number of nitrogens with two attached hydrogens (primary N) is 1. The van der Waals surface area contributed by atoms with E-state index in [2.05, 4.69) is 29.8 Å². The Morgan fingerprint density at radius 3 is 2.54 bits per heavy atom. The summed E-state index contributed by atoms with van der Waals surface area (Å²) in [7, 11) is 0. The first-order valence-corrected chi connectivity index (χ1v) is 8.10. The summed E-state index contributed by atoms with van der Waals surface area (Å²) in [6, 6.07) is 6.29. The van der Waals surface area contributed by atoms with Crippen molar-refractivity contribution in [3.8, 4) is 0 Å². The molecule has 0 bridgehead atoms. The van der Waals surface area contributed by atoms with E-state index in [9.17, 15) is 14.4 Å². The van der Waals surface area contributed by atoms with Crippen LogP contribution >= 0.6 is 0 Å². The van der Waals surface area contributed by atoms with Crippen molar-refractivity contribution in [3.05, 3.63) is 29.8 Å². The topological polar surface area (TPSA) is 113 Å². The van der Waals surface area contributed by atoms with Gasteiger partial charge in [-0.2, -0.15) is 0 Å². The molecule has 0 fully saturated rings. The zero-order valence-electron chi connectivity index (χ0n) is 14.2. The van der Waals surface area contributed by atoms with Crippen molar-refractivity contribution in [1.82, 2.24) is 10.6 Å². The molecular weight excluding hydrogens is 308 g/mol. The van der Waals surface area contributed by atoms with Gasteiger partial charge in [-0.05, 0) is 37.0 Å². The Morgan fingerprint density at radius 2 is 1.88 bits per heavy atom. The maximum absolute atomic E-state index is 11.9. The second-order valence-electron chi connectivity index (χ2n) is 5.97. The number of urea groups is 1. The first kappa shape index (κ1) is 19.5. The molecule has 0 atom stereocenters. The summed E-state index contributed by atoms with van der Waals surface area (Å²) in [5.41, 5.74) is 5.94. The van der Waals surface area contributed by atoms with Crippen molar-refractivity contribution in [3.63, 3.8) is 0 Å². The summed E-state index contributed by atoms with van der Waals surface area (Å²) >= 11 is 0. The molecule has 0 saturated carbocycles. The van der Waals surface area contributed by atoms with E-state index in [1.54, 1.807) is 24.3 Å². The van der Waals surface area contributed by atoms with Crippen LogP contribution in [-0.4, -0.2) is 30.9 Å². The van der Waals surface area contributed by atoms with Crippen molar-refractivity contribution in [2.45, 2.75) is 33.1 Å². The van der Waals surface area contributed by atoms with Gasteiger partial charge in [0.15, 0.2) is 0 Å². The van der Waals surface area contributed by atoms with Gasteiger partial charge in [0.2, 0.25) is 5.91 Å². The summed E-state index contributed by atoms with van der Waals surface area (Å²) in [5.74, 6) is -0.184. The fourth-order valence-corrected chi connectivity index (χ4v) is 2.03. The fraction of sp³-hybridized carbons (Fsp3) is 0.471. The summed E-state index contributed by atoms with van der Waals surface area (Å²) in [4.78, 5) is 34.4. The van der Waals surface area contributed by atoms with Crippen LogP contribution in [0.2, 0.25) is 0 Å². The van der Waals surface area contributed by atoms with Gasteiger partial charge in [0.1, 0.15) is 0 Å². The van der Waals surface area contributed by atoms with Gasteiger partial charge in [0.05, 0.1) is 0 Å². The molecule has 0 aliphatic carbocycles. The predicted octanol–water partition coefficient (Wildman–Crippen LogP) is 1.85. The normalized spacial score (nSPS) is 10.3. The lowest BCUT2D eigenvalue weighted by molar-refractivity contribution is -0.117. The lowest BCUT2D eigenvalue weighted by Crippen LogP contribution is -2.30. The van der Waals surface area contributed by atoms with Crippen LogP contribution in [0.4, 0.5) is 10.5 Å². The number of hydrogen-bond acceptors (Lipinski definition) is 3. The zero-order chi connectivity index (χ0) is 17.9. The highest BCUT2D eigenvalue weighted by atomic mass is 16.2. The van der Waals surface area contributed by atoms with Crippen molar-refractivity contribution in [1.29, 1.82) is 0 Å². The van der Waals surface area contributed by atoms with E-state index in [0.717, 1.165) is 12.8 Å². The monoisotopic (exact) mass is 334 g/mol. The van der Waals surface area contributed by atoms with Gasteiger partial charge >= 0.3 is 6.03 Å². The van der Waals surface area contributed by atoms with Gasteiger partial charge in [-0.15, -0.1) is 0 Å². The minimum absolute atomic E-state index is 0.0858. The lowest BCUT2D eigenvalue weighted by Gasteiger charge is -2.10. The van der Waals surface area contributed by atoms with E-state index in [1.165, 1.54) is 0 Å². The fourth-order valence-electron chi connectivity index (χ4n) is 2.03. The number of carbonyl (C=O) groups is 3. The quantitative estimate of drug-likeness (QED) is 0.517. The van der Waals surface area contributed by atoms with Crippen molar-refractivity contribution in [2.75, 3.05) is 18.4 Å². The third-order valence-electron chi connectivity index (χ3n) is 3.28. The van der Waals surface area contributed by atoms with E-state index in [0.29, 0.717) is 23.7 Å². The summed E-state index contributed by atoms with van der Waals surface area (Å²) < 4.78 is 0. The zero-order valence-corrected chi connectivity index (χ0v) is 14.2. The number of benzene rings is 1. The minimum atomic E-state index is -0.472. The maximum atomic E-state index is 11.9. The van der Waals surface area contributed by atoms with E-state index in [-0.39, 0.29) is 24.9 Å². The molecule has 7 heteroatoms. The van der Waals surface area contributed by atoms with E-state index in [4.69, 9.17) is 5.73 Å². The predicted molar refractivity (Wildman–Crippen MR) is 93.7 cm³/mol. The molecule has 0 radical (unpaired) electrons. The van der Waals surface area contributed by atoms with E-state index >= 15 is 0 Å². The molecule has 0 spiro atoms. The van der Waals surface area contributed by atoms with Crippen LogP contribution in [0.5, 0.6) is 0 Å². The van der Waals surface area contributed by atoms with Crippen LogP contribution in [0.25, 0.3) is 0 Å². The molecule has 132 valence electrons. The highest BCUT2D eigenvalue weighted by molar-refractivity contribution is 5.97. The molecule has 4 amide bonds. The van der Waals surface area contributed by atoms with Crippen LogP contribution in [0.3, 0.4) is 0 Å². The molecule has 0 saturated heterocycles. The molecule has 0 unspecified atom stereocenters. The standard InChI is InChI=1S/C17H26N4O3/c1-12(2)5-4-9-20-17(24)21-14-7-3-6-13(11-14)16(23)19-10-8-15(18)22/h3,6-7,11-12H,4-5,8-10H2,1-2H3,(H2,18,22)(H,19,23)(H2,20,21,24). The Bertz CT molecular complexity index is 573. The number of hydrogen-bond donors (Lipinski definition) is 4. The number of anilines is 1. The van der Waals surface area contributed by atoms with Crippen molar-refractivity contribution < 1.29 is 14.4 Å². The number of carbonyl (C=O) groups excluding carboxylic acids is 3. The van der Waals surface area contributed by atoms with E-state index < -0.39 is 5.91 Å². The third kappa shape index (κ3) is 8.17. The molecule has 24 heavy (non-hydrogen) atoms. The molecule has 0 aliphatic rings. The summed E-state index contributed by atoms with van der Waals surface area (Å²) in [5, 5.41) is 8.07. The molecule has 0 aliphatic heterocycles. The van der Waals surface area contributed by atoms with Crippen LogP contribution in [0.15, 0.2) is 24.3 Å². The summed E-state index contributed by atoms with van der Waals surface area (Å²) in [6.07, 6.45) is 2.07. The van der Waals surface area contributed by atoms with Gasteiger partial charge in [-0.25, -0.2) is 4.79 Å². The van der Waals surface area contributed by atoms with Crippen LogP contribution in [0, 0.1) is 5.92 Å². The first-order chi connectivity index (χ1) is 11.4. The summed E-state index contributed by atoms with van der Waals surface area (Å²) in [6.45, 7) is 5.07. The highest BCUT2D eigenvalue weighted by Gasteiger charge is 2.08. The highest BCUT2D eigenvalue weighted by Crippen LogP contribution is 2.10. The number of rotatable bonds is 9. The maximum Gasteiger partial charge on any atom is 0.319 e. The second kappa shape index (κ2) is 10.3. The van der Waals surface area contributed by atoms with Crippen LogP contribution < -0.4 is 21.7 Å². The van der Waals surface area contributed by atoms with Gasteiger partial charge in [0.25, 0.3) is 5.91 Å². The number of amides is 4. The Labute approximate surface area is 142 Å². The number of primary amides is 1. The molecule has 1 rings (SSSR count). The van der Waals surface area contributed by atoms with Gasteiger partial charge in [-0.3, -0.25) is 9.59 Å². The second-order valence-corrected chi connectivity index (χ2v) is 5.97. The Kier molecular flexibility index (Phi) is 8.32. The Hall–Kier alpha value is -2.57. The molecule has 7 nitrogen and oxygen atoms in total. The SMILES string of the molecule is CC(C)CCCNC(=O)Nc1cccc(C(=O)NCCC(N)=O)c1. The Morgan fingerprint density at radius 1 is 1.12 bits per heavy atom. The average Bonchev–Trinajstić information content (AvgIpc) is 2.51. The molecule has 1 aromatic rings. The Balaban J connectivity index is 2.45. The molecule has 5 N–H and O–H groups in total. The van der Waals surface area contributed by atoms with Crippen molar-refractivity contribution >= 4 is 23.5 Å². The largest absolute Gasteiger partial charge is 0.370 e.